The van der Waals surface area contributed by atoms with Crippen LogP contribution in [0, 0.1) is 5.92 Å². The lowest BCUT2D eigenvalue weighted by Gasteiger charge is -2.09. The van der Waals surface area contributed by atoms with Crippen LogP contribution in [-0.4, -0.2) is 19.8 Å². The minimum Gasteiger partial charge on any atom is -0.464 e. The molecule has 1 N–H and O–H groups in total. The van der Waals surface area contributed by atoms with E-state index in [0.29, 0.717) is 5.92 Å². The van der Waals surface area contributed by atoms with Crippen LogP contribution in [0.25, 0.3) is 0 Å². The summed E-state index contributed by atoms with van der Waals surface area (Å²) in [6.07, 6.45) is 1.53. The van der Waals surface area contributed by atoms with Crippen molar-refractivity contribution in [3.63, 3.8) is 0 Å². The van der Waals surface area contributed by atoms with E-state index in [1.165, 1.54) is 6.42 Å². The van der Waals surface area contributed by atoms with Gasteiger partial charge >= 0.3 is 0 Å². The van der Waals surface area contributed by atoms with Gasteiger partial charge in [0.1, 0.15) is 11.5 Å². The van der Waals surface area contributed by atoms with Gasteiger partial charge in [0, 0.05) is 19.6 Å². The molecule has 1 aromatic heterocycles. The Morgan fingerprint density at radius 3 is 2.94 bits per heavy atom. The van der Waals surface area contributed by atoms with E-state index in [1.54, 1.807) is 7.11 Å². The Kier molecular flexibility index (Phi) is 3.66. The molecule has 0 bridgehead atoms. The maximum atomic E-state index is 5.79. The van der Waals surface area contributed by atoms with Crippen molar-refractivity contribution >= 4 is 0 Å². The first-order valence-electron chi connectivity index (χ1n) is 6.02. The van der Waals surface area contributed by atoms with Crippen LogP contribution in [0.4, 0.5) is 0 Å². The van der Waals surface area contributed by atoms with Gasteiger partial charge in [-0.05, 0) is 31.4 Å². The summed E-state index contributed by atoms with van der Waals surface area (Å²) < 4.78 is 11.0. The largest absolute Gasteiger partial charge is 0.464 e. The molecule has 1 saturated carbocycles. The standard InChI is InChI=1S/C13H21NO2/c1-9-6-12(9)13-5-4-11(16-13)8-14-7-10(2)15-3/h4-5,9-10,12,14H,6-8H2,1-3H3. The highest BCUT2D eigenvalue weighted by atomic mass is 16.5. The van der Waals surface area contributed by atoms with Gasteiger partial charge in [0.05, 0.1) is 12.6 Å². The molecule has 1 aliphatic rings. The molecule has 0 radical (unpaired) electrons. The van der Waals surface area contributed by atoms with Crippen molar-refractivity contribution in [2.45, 2.75) is 38.8 Å². The molecule has 3 atom stereocenters. The van der Waals surface area contributed by atoms with Crippen LogP contribution < -0.4 is 5.32 Å². The minimum absolute atomic E-state index is 0.248. The molecular weight excluding hydrogens is 202 g/mol. The van der Waals surface area contributed by atoms with Gasteiger partial charge < -0.3 is 14.5 Å². The van der Waals surface area contributed by atoms with Crippen molar-refractivity contribution in [3.05, 3.63) is 23.7 Å². The molecule has 1 fully saturated rings. The fraction of sp³-hybridized carbons (Fsp3) is 0.692. The molecule has 0 amide bonds. The Labute approximate surface area is 97.2 Å². The third-order valence-electron chi connectivity index (χ3n) is 3.29. The molecule has 1 aromatic rings. The van der Waals surface area contributed by atoms with E-state index in [2.05, 4.69) is 24.4 Å². The molecule has 3 nitrogen and oxygen atoms in total. The van der Waals surface area contributed by atoms with Crippen molar-refractivity contribution in [3.8, 4) is 0 Å². The Hall–Kier alpha value is -0.800. The quantitative estimate of drug-likeness (QED) is 0.804. The van der Waals surface area contributed by atoms with Gasteiger partial charge in [-0.2, -0.15) is 0 Å². The zero-order valence-electron chi connectivity index (χ0n) is 10.3. The second-order valence-electron chi connectivity index (χ2n) is 4.80. The van der Waals surface area contributed by atoms with Gasteiger partial charge in [-0.25, -0.2) is 0 Å². The average Bonchev–Trinajstić information content (AvgIpc) is 2.82. The number of ether oxygens (including phenoxy) is 1. The monoisotopic (exact) mass is 223 g/mol. The van der Waals surface area contributed by atoms with Gasteiger partial charge in [-0.15, -0.1) is 0 Å². The summed E-state index contributed by atoms with van der Waals surface area (Å²) in [6, 6.07) is 4.19. The second kappa shape index (κ2) is 5.02. The van der Waals surface area contributed by atoms with Crippen LogP contribution >= 0.6 is 0 Å². The third kappa shape index (κ3) is 2.86. The number of nitrogens with one attached hydrogen (secondary N) is 1. The molecule has 0 aromatic carbocycles. The minimum atomic E-state index is 0.248. The molecule has 1 heterocycles. The maximum Gasteiger partial charge on any atom is 0.117 e. The second-order valence-corrected chi connectivity index (χ2v) is 4.80. The lowest BCUT2D eigenvalue weighted by molar-refractivity contribution is 0.116. The predicted molar refractivity (Wildman–Crippen MR) is 63.4 cm³/mol. The van der Waals surface area contributed by atoms with Crippen LogP contribution in [0.15, 0.2) is 16.5 Å². The van der Waals surface area contributed by atoms with Crippen LogP contribution in [-0.2, 0) is 11.3 Å². The van der Waals surface area contributed by atoms with Crippen molar-refractivity contribution < 1.29 is 9.15 Å². The zero-order valence-corrected chi connectivity index (χ0v) is 10.3. The zero-order chi connectivity index (χ0) is 11.5. The van der Waals surface area contributed by atoms with Crippen LogP contribution in [0.3, 0.4) is 0 Å². The van der Waals surface area contributed by atoms with Crippen LogP contribution in [0.2, 0.25) is 0 Å². The Balaban J connectivity index is 1.75. The van der Waals surface area contributed by atoms with Crippen molar-refractivity contribution in [2.24, 2.45) is 5.92 Å². The normalized spacial score (nSPS) is 25.7. The maximum absolute atomic E-state index is 5.79. The predicted octanol–water partition coefficient (Wildman–Crippen LogP) is 2.53. The topological polar surface area (TPSA) is 34.4 Å². The van der Waals surface area contributed by atoms with Crippen molar-refractivity contribution in [1.29, 1.82) is 0 Å². The summed E-state index contributed by atoms with van der Waals surface area (Å²) in [5.74, 6) is 3.66. The molecule has 2 rings (SSSR count). The Morgan fingerprint density at radius 1 is 1.56 bits per heavy atom. The third-order valence-corrected chi connectivity index (χ3v) is 3.29. The molecule has 0 aliphatic heterocycles. The number of furan rings is 1. The van der Waals surface area contributed by atoms with Gasteiger partial charge in [0.15, 0.2) is 0 Å². The highest BCUT2D eigenvalue weighted by Gasteiger charge is 2.36. The Morgan fingerprint density at radius 2 is 2.31 bits per heavy atom. The lowest BCUT2D eigenvalue weighted by Crippen LogP contribution is -2.25. The molecular formula is C13H21NO2. The number of rotatable bonds is 6. The first-order chi connectivity index (χ1) is 7.70. The summed E-state index contributed by atoms with van der Waals surface area (Å²) in [6.45, 7) is 5.96. The van der Waals surface area contributed by atoms with E-state index in [0.717, 1.165) is 30.5 Å². The van der Waals surface area contributed by atoms with E-state index in [-0.39, 0.29) is 6.10 Å². The molecule has 16 heavy (non-hydrogen) atoms. The van der Waals surface area contributed by atoms with Crippen molar-refractivity contribution in [1.82, 2.24) is 5.32 Å². The molecule has 90 valence electrons. The fourth-order valence-electron chi connectivity index (χ4n) is 1.89. The van der Waals surface area contributed by atoms with Crippen molar-refractivity contribution in [2.75, 3.05) is 13.7 Å². The summed E-state index contributed by atoms with van der Waals surface area (Å²) in [5, 5.41) is 3.32. The van der Waals surface area contributed by atoms with E-state index >= 15 is 0 Å². The molecule has 0 saturated heterocycles. The molecule has 3 heteroatoms. The number of methoxy groups -OCH3 is 1. The first-order valence-corrected chi connectivity index (χ1v) is 6.02. The number of hydrogen-bond acceptors (Lipinski definition) is 3. The van der Waals surface area contributed by atoms with Gasteiger partial charge in [0.25, 0.3) is 0 Å². The average molecular weight is 223 g/mol. The van der Waals surface area contributed by atoms with E-state index < -0.39 is 0 Å². The highest BCUT2D eigenvalue weighted by Crippen LogP contribution is 2.47. The highest BCUT2D eigenvalue weighted by molar-refractivity contribution is 5.17. The van der Waals surface area contributed by atoms with E-state index in [1.807, 2.05) is 6.92 Å². The summed E-state index contributed by atoms with van der Waals surface area (Å²) in [5.41, 5.74) is 0. The lowest BCUT2D eigenvalue weighted by atomic mass is 10.3. The molecule has 1 aliphatic carbocycles. The number of hydrogen-bond donors (Lipinski definition) is 1. The Bertz CT molecular complexity index is 334. The van der Waals surface area contributed by atoms with Gasteiger partial charge in [0.2, 0.25) is 0 Å². The van der Waals surface area contributed by atoms with Gasteiger partial charge in [-0.1, -0.05) is 6.92 Å². The SMILES string of the molecule is COC(C)CNCc1ccc(C2CC2C)o1. The smallest absolute Gasteiger partial charge is 0.117 e. The summed E-state index contributed by atoms with van der Waals surface area (Å²) in [4.78, 5) is 0. The summed E-state index contributed by atoms with van der Waals surface area (Å²) in [7, 11) is 1.73. The fourth-order valence-corrected chi connectivity index (χ4v) is 1.89. The first kappa shape index (κ1) is 11.7. The van der Waals surface area contributed by atoms with Crippen LogP contribution in [0.1, 0.15) is 37.7 Å². The van der Waals surface area contributed by atoms with Gasteiger partial charge in [-0.3, -0.25) is 0 Å². The summed E-state index contributed by atoms with van der Waals surface area (Å²) >= 11 is 0. The van der Waals surface area contributed by atoms with E-state index in [9.17, 15) is 0 Å². The molecule has 3 unspecified atom stereocenters. The van der Waals surface area contributed by atoms with Crippen LogP contribution in [0.5, 0.6) is 0 Å². The molecule has 0 spiro atoms. The van der Waals surface area contributed by atoms with E-state index in [4.69, 9.17) is 9.15 Å².